The molecular formula is C20H21N3O6. The van der Waals surface area contributed by atoms with Crippen LogP contribution in [0.4, 0.5) is 5.82 Å². The van der Waals surface area contributed by atoms with E-state index in [-0.39, 0.29) is 29.1 Å². The maximum absolute atomic E-state index is 13.0. The van der Waals surface area contributed by atoms with Gasteiger partial charge in [0, 0.05) is 19.8 Å². The van der Waals surface area contributed by atoms with Crippen molar-refractivity contribution in [3.63, 3.8) is 0 Å². The molecule has 1 atom stereocenters. The number of benzene rings is 1. The summed E-state index contributed by atoms with van der Waals surface area (Å²) in [6.07, 6.45) is 0. The van der Waals surface area contributed by atoms with Gasteiger partial charge in [-0.25, -0.2) is 14.4 Å². The minimum Gasteiger partial charge on any atom is -0.478 e. The van der Waals surface area contributed by atoms with Crippen molar-refractivity contribution < 1.29 is 19.4 Å². The van der Waals surface area contributed by atoms with Crippen LogP contribution in [-0.2, 0) is 23.6 Å². The molecule has 3 rings (SSSR count). The van der Waals surface area contributed by atoms with Crippen molar-refractivity contribution in [1.82, 2.24) is 9.13 Å². The third-order valence-corrected chi connectivity index (χ3v) is 4.97. The molecule has 0 saturated carbocycles. The second-order valence-corrected chi connectivity index (χ2v) is 6.71. The van der Waals surface area contributed by atoms with E-state index >= 15 is 0 Å². The van der Waals surface area contributed by atoms with Crippen LogP contribution in [0.15, 0.2) is 45.1 Å². The van der Waals surface area contributed by atoms with Crippen molar-refractivity contribution in [3.05, 3.63) is 73.1 Å². The number of aromatic carboxylic acids is 1. The molecule has 1 aromatic carbocycles. The lowest BCUT2D eigenvalue weighted by atomic mass is 9.82. The zero-order chi connectivity index (χ0) is 21.5. The van der Waals surface area contributed by atoms with Crippen LogP contribution in [0.5, 0.6) is 0 Å². The van der Waals surface area contributed by atoms with Gasteiger partial charge in [0.2, 0.25) is 0 Å². The highest BCUT2D eigenvalue weighted by Gasteiger charge is 2.37. The van der Waals surface area contributed by atoms with Crippen LogP contribution < -0.4 is 16.6 Å². The van der Waals surface area contributed by atoms with Gasteiger partial charge in [0.1, 0.15) is 5.82 Å². The van der Waals surface area contributed by atoms with E-state index in [1.54, 1.807) is 26.0 Å². The van der Waals surface area contributed by atoms with Crippen molar-refractivity contribution in [2.45, 2.75) is 19.8 Å². The van der Waals surface area contributed by atoms with Gasteiger partial charge in [-0.3, -0.25) is 13.9 Å². The van der Waals surface area contributed by atoms with E-state index in [0.29, 0.717) is 11.3 Å². The summed E-state index contributed by atoms with van der Waals surface area (Å²) in [5.41, 5.74) is 0.465. The predicted octanol–water partition coefficient (Wildman–Crippen LogP) is 1.18. The van der Waals surface area contributed by atoms with Crippen LogP contribution in [0.25, 0.3) is 0 Å². The van der Waals surface area contributed by atoms with Crippen LogP contribution in [0.1, 0.15) is 41.3 Å². The summed E-state index contributed by atoms with van der Waals surface area (Å²) in [4.78, 5) is 49.3. The number of anilines is 1. The molecule has 1 aliphatic rings. The van der Waals surface area contributed by atoms with Crippen molar-refractivity contribution in [2.75, 3.05) is 11.9 Å². The first-order valence-electron chi connectivity index (χ1n) is 8.97. The average molecular weight is 399 g/mol. The fourth-order valence-corrected chi connectivity index (χ4v) is 3.52. The summed E-state index contributed by atoms with van der Waals surface area (Å²) >= 11 is 0. The fourth-order valence-electron chi connectivity index (χ4n) is 3.52. The molecule has 0 radical (unpaired) electrons. The average Bonchev–Trinajstić information content (AvgIpc) is 2.69. The summed E-state index contributed by atoms with van der Waals surface area (Å²) in [7, 11) is 2.89. The van der Waals surface area contributed by atoms with E-state index in [0.717, 1.165) is 4.57 Å². The van der Waals surface area contributed by atoms with Gasteiger partial charge in [-0.1, -0.05) is 12.1 Å². The third kappa shape index (κ3) is 3.24. The zero-order valence-corrected chi connectivity index (χ0v) is 16.5. The molecule has 9 heteroatoms. The Kier molecular flexibility index (Phi) is 5.15. The number of carbonyl (C=O) groups is 2. The van der Waals surface area contributed by atoms with E-state index in [9.17, 15) is 19.2 Å². The number of hydrogen-bond donors (Lipinski definition) is 2. The maximum Gasteiger partial charge on any atom is 0.336 e. The molecule has 2 aromatic rings. The summed E-state index contributed by atoms with van der Waals surface area (Å²) in [6.45, 7) is 3.49. The second-order valence-electron chi connectivity index (χ2n) is 6.71. The van der Waals surface area contributed by atoms with Crippen LogP contribution >= 0.6 is 0 Å². The van der Waals surface area contributed by atoms with Gasteiger partial charge < -0.3 is 15.2 Å². The molecule has 152 valence electrons. The maximum atomic E-state index is 13.0. The van der Waals surface area contributed by atoms with E-state index in [4.69, 9.17) is 9.84 Å². The molecule has 29 heavy (non-hydrogen) atoms. The molecule has 9 nitrogen and oxygen atoms in total. The standard InChI is InChI=1S/C20H21N3O6/c1-5-29-19(27)13-10(2)21-16-15(17(24)23(4)20(28)22(16)3)14(13)11-6-8-12(9-7-11)18(25)26/h6-9,14,21H,5H2,1-4H3,(H,25,26). The smallest absolute Gasteiger partial charge is 0.336 e. The number of fused-ring (bicyclic) bond motifs is 1. The third-order valence-electron chi connectivity index (χ3n) is 4.97. The lowest BCUT2D eigenvalue weighted by Crippen LogP contribution is -2.43. The van der Waals surface area contributed by atoms with Crippen molar-refractivity contribution in [1.29, 1.82) is 0 Å². The highest BCUT2D eigenvalue weighted by molar-refractivity contribution is 5.94. The Labute approximate surface area is 165 Å². The molecule has 1 unspecified atom stereocenters. The first-order valence-corrected chi connectivity index (χ1v) is 8.97. The van der Waals surface area contributed by atoms with Crippen LogP contribution in [0, 0.1) is 0 Å². The second kappa shape index (κ2) is 7.42. The Morgan fingerprint density at radius 2 is 1.76 bits per heavy atom. The van der Waals surface area contributed by atoms with Gasteiger partial charge in [0.15, 0.2) is 0 Å². The Balaban J connectivity index is 2.34. The number of aromatic nitrogens is 2. The molecule has 0 saturated heterocycles. The monoisotopic (exact) mass is 399 g/mol. The normalized spacial score (nSPS) is 15.5. The van der Waals surface area contributed by atoms with Gasteiger partial charge >= 0.3 is 17.6 Å². The van der Waals surface area contributed by atoms with Gasteiger partial charge in [0.25, 0.3) is 5.56 Å². The number of hydrogen-bond acceptors (Lipinski definition) is 6. The summed E-state index contributed by atoms with van der Waals surface area (Å²) in [5.74, 6) is -2.21. The van der Waals surface area contributed by atoms with Crippen LogP contribution in [-0.4, -0.2) is 32.8 Å². The number of rotatable bonds is 4. The summed E-state index contributed by atoms with van der Waals surface area (Å²) in [5, 5.41) is 12.1. The van der Waals surface area contributed by atoms with E-state index in [1.807, 2.05) is 0 Å². The molecule has 1 aromatic heterocycles. The largest absolute Gasteiger partial charge is 0.478 e. The Hall–Kier alpha value is -3.62. The van der Waals surface area contributed by atoms with E-state index < -0.39 is 29.1 Å². The fraction of sp³-hybridized carbons (Fsp3) is 0.300. The van der Waals surface area contributed by atoms with Gasteiger partial charge in [-0.05, 0) is 31.5 Å². The van der Waals surface area contributed by atoms with Crippen molar-refractivity contribution >= 4 is 17.8 Å². The number of nitrogens with zero attached hydrogens (tertiary/aromatic N) is 2. The number of carbonyl (C=O) groups excluding carboxylic acids is 1. The quantitative estimate of drug-likeness (QED) is 0.741. The highest BCUT2D eigenvalue weighted by Crippen LogP contribution is 2.39. The predicted molar refractivity (Wildman–Crippen MR) is 105 cm³/mol. The number of nitrogens with one attached hydrogen (secondary N) is 1. The van der Waals surface area contributed by atoms with E-state index in [1.165, 1.54) is 30.8 Å². The number of allylic oxidation sites excluding steroid dienone is 1. The van der Waals surface area contributed by atoms with Crippen LogP contribution in [0.3, 0.4) is 0 Å². The minimum absolute atomic E-state index is 0.0784. The van der Waals surface area contributed by atoms with Crippen molar-refractivity contribution in [2.24, 2.45) is 14.1 Å². The van der Waals surface area contributed by atoms with E-state index in [2.05, 4.69) is 5.32 Å². The Morgan fingerprint density at radius 3 is 2.31 bits per heavy atom. The molecule has 0 spiro atoms. The minimum atomic E-state index is -1.09. The van der Waals surface area contributed by atoms with Gasteiger partial charge in [-0.2, -0.15) is 0 Å². The lowest BCUT2D eigenvalue weighted by molar-refractivity contribution is -0.138. The first kappa shape index (κ1) is 20.1. The highest BCUT2D eigenvalue weighted by atomic mass is 16.5. The summed E-state index contributed by atoms with van der Waals surface area (Å²) < 4.78 is 7.48. The van der Waals surface area contributed by atoms with Gasteiger partial charge in [0.05, 0.1) is 29.2 Å². The molecule has 1 aliphatic heterocycles. The number of carboxylic acid groups (broad SMARTS) is 1. The number of esters is 1. The van der Waals surface area contributed by atoms with Gasteiger partial charge in [-0.15, -0.1) is 0 Å². The number of carboxylic acids is 1. The lowest BCUT2D eigenvalue weighted by Gasteiger charge is -2.30. The SMILES string of the molecule is CCOC(=O)C1=C(C)Nc2c(c(=O)n(C)c(=O)n2C)C1c1ccc(C(=O)O)cc1. The molecule has 0 fully saturated rings. The van der Waals surface area contributed by atoms with Crippen LogP contribution in [0.2, 0.25) is 0 Å². The molecule has 2 N–H and O–H groups in total. The number of ether oxygens (including phenoxy) is 1. The Bertz CT molecular complexity index is 1150. The Morgan fingerprint density at radius 1 is 1.14 bits per heavy atom. The molecular weight excluding hydrogens is 378 g/mol. The van der Waals surface area contributed by atoms with Crippen molar-refractivity contribution in [3.8, 4) is 0 Å². The molecule has 0 aliphatic carbocycles. The topological polar surface area (TPSA) is 120 Å². The molecule has 0 bridgehead atoms. The zero-order valence-electron chi connectivity index (χ0n) is 16.5. The summed E-state index contributed by atoms with van der Waals surface area (Å²) in [6, 6.07) is 5.92. The first-order chi connectivity index (χ1) is 13.7. The molecule has 2 heterocycles. The molecule has 0 amide bonds.